The Bertz CT molecular complexity index is 970. The van der Waals surface area contributed by atoms with Crippen molar-refractivity contribution in [1.82, 2.24) is 9.55 Å². The Balaban J connectivity index is 1.42. The Hall–Kier alpha value is -2.56. The average molecular weight is 364 g/mol. The first-order chi connectivity index (χ1) is 13.2. The Morgan fingerprint density at radius 3 is 2.59 bits per heavy atom. The Labute approximate surface area is 159 Å². The van der Waals surface area contributed by atoms with Gasteiger partial charge in [-0.1, -0.05) is 0 Å². The van der Waals surface area contributed by atoms with E-state index in [4.69, 9.17) is 4.98 Å². The average Bonchev–Trinajstić information content (AvgIpc) is 3.00. The molecule has 5 heteroatoms. The maximum atomic E-state index is 13.7. The van der Waals surface area contributed by atoms with E-state index in [9.17, 15) is 4.39 Å². The van der Waals surface area contributed by atoms with E-state index in [0.717, 1.165) is 49.3 Å². The van der Waals surface area contributed by atoms with Crippen molar-refractivity contribution >= 4 is 22.4 Å². The van der Waals surface area contributed by atoms with Gasteiger partial charge in [-0.2, -0.15) is 0 Å². The highest BCUT2D eigenvalue weighted by atomic mass is 19.1. The highest BCUT2D eigenvalue weighted by Gasteiger charge is 2.24. The van der Waals surface area contributed by atoms with E-state index in [2.05, 4.69) is 26.5 Å². The molecule has 4 heterocycles. The normalized spacial score (nSPS) is 17.4. The number of aromatic nitrogens is 2. The minimum Gasteiger partial charge on any atom is -0.370 e. The lowest BCUT2D eigenvalue weighted by Crippen LogP contribution is -2.32. The van der Waals surface area contributed by atoms with Gasteiger partial charge in [-0.3, -0.25) is 0 Å². The van der Waals surface area contributed by atoms with Crippen molar-refractivity contribution in [3.05, 3.63) is 53.6 Å². The summed E-state index contributed by atoms with van der Waals surface area (Å²) in [6, 6.07) is 9.48. The number of hydrogen-bond donors (Lipinski definition) is 0. The summed E-state index contributed by atoms with van der Waals surface area (Å²) in [5.74, 6) is 0.854. The molecule has 5 rings (SSSR count). The van der Waals surface area contributed by atoms with Crippen LogP contribution in [0, 0.1) is 5.82 Å². The highest BCUT2D eigenvalue weighted by molar-refractivity contribution is 5.86. The maximum absolute atomic E-state index is 13.7. The van der Waals surface area contributed by atoms with Crippen LogP contribution in [0.5, 0.6) is 0 Å². The van der Waals surface area contributed by atoms with Crippen LogP contribution in [0.4, 0.5) is 15.9 Å². The van der Waals surface area contributed by atoms with Gasteiger partial charge < -0.3 is 14.4 Å². The van der Waals surface area contributed by atoms with Crippen LogP contribution in [0.3, 0.4) is 0 Å². The third kappa shape index (κ3) is 2.85. The first-order valence-electron chi connectivity index (χ1n) is 9.92. The predicted octanol–water partition coefficient (Wildman–Crippen LogP) is 4.27. The molecule has 2 aliphatic heterocycles. The summed E-state index contributed by atoms with van der Waals surface area (Å²) in [5, 5.41) is 1.16. The predicted molar refractivity (Wildman–Crippen MR) is 108 cm³/mol. The Morgan fingerprint density at radius 2 is 1.81 bits per heavy atom. The van der Waals surface area contributed by atoms with E-state index >= 15 is 0 Å². The number of aryl methyl sites for hydroxylation is 1. The second-order valence-corrected chi connectivity index (χ2v) is 7.74. The molecule has 1 fully saturated rings. The number of anilines is 2. The number of pyridine rings is 1. The van der Waals surface area contributed by atoms with E-state index in [1.54, 1.807) is 12.1 Å². The third-order valence-corrected chi connectivity index (χ3v) is 6.14. The van der Waals surface area contributed by atoms with Crippen LogP contribution in [0.2, 0.25) is 0 Å². The summed E-state index contributed by atoms with van der Waals surface area (Å²) < 4.78 is 15.8. The molecular weight excluding hydrogens is 339 g/mol. The number of fused-ring (bicyclic) bond motifs is 3. The van der Waals surface area contributed by atoms with E-state index < -0.39 is 0 Å². The van der Waals surface area contributed by atoms with Crippen molar-refractivity contribution < 1.29 is 4.39 Å². The van der Waals surface area contributed by atoms with Gasteiger partial charge in [-0.25, -0.2) is 9.37 Å². The van der Waals surface area contributed by atoms with Crippen LogP contribution >= 0.6 is 0 Å². The first kappa shape index (κ1) is 16.6. The fraction of sp³-hybridized carbons (Fsp3) is 0.409. The quantitative estimate of drug-likeness (QED) is 0.679. The topological polar surface area (TPSA) is 24.3 Å². The van der Waals surface area contributed by atoms with Crippen molar-refractivity contribution in [3.63, 3.8) is 0 Å². The van der Waals surface area contributed by atoms with Crippen LogP contribution in [-0.4, -0.2) is 29.2 Å². The van der Waals surface area contributed by atoms with Gasteiger partial charge in [-0.15, -0.1) is 0 Å². The molecule has 140 valence electrons. The number of piperidine rings is 1. The van der Waals surface area contributed by atoms with E-state index in [1.807, 2.05) is 19.3 Å². The second-order valence-electron chi connectivity index (χ2n) is 7.74. The number of halogens is 1. The summed E-state index contributed by atoms with van der Waals surface area (Å²) in [5.41, 5.74) is 4.84. The molecule has 0 saturated carbocycles. The molecule has 0 bridgehead atoms. The molecule has 0 unspecified atom stereocenters. The lowest BCUT2D eigenvalue weighted by atomic mass is 10.0. The molecule has 0 radical (unpaired) electrons. The zero-order valence-corrected chi connectivity index (χ0v) is 15.8. The number of benzene rings is 1. The Morgan fingerprint density at radius 1 is 0.963 bits per heavy atom. The molecule has 0 N–H and O–H groups in total. The van der Waals surface area contributed by atoms with E-state index in [-0.39, 0.29) is 5.82 Å². The highest BCUT2D eigenvalue weighted by Crippen LogP contribution is 2.32. The van der Waals surface area contributed by atoms with E-state index in [0.29, 0.717) is 0 Å². The van der Waals surface area contributed by atoms with Crippen LogP contribution in [0.15, 0.2) is 36.5 Å². The first-order valence-corrected chi connectivity index (χ1v) is 9.92. The number of hydrogen-bond acceptors (Lipinski definition) is 3. The lowest BCUT2D eigenvalue weighted by molar-refractivity contribution is 0.577. The molecule has 3 aromatic rings. The monoisotopic (exact) mass is 364 g/mol. The largest absolute Gasteiger partial charge is 0.370 e. The zero-order chi connectivity index (χ0) is 18.4. The molecule has 0 aliphatic carbocycles. The fourth-order valence-corrected chi connectivity index (χ4v) is 4.65. The minimum absolute atomic E-state index is 0.174. The van der Waals surface area contributed by atoms with Crippen LogP contribution < -0.4 is 9.80 Å². The minimum atomic E-state index is -0.174. The summed E-state index contributed by atoms with van der Waals surface area (Å²) in [4.78, 5) is 9.55. The van der Waals surface area contributed by atoms with Crippen LogP contribution in [0.25, 0.3) is 10.9 Å². The molecule has 1 aromatic carbocycles. The molecule has 27 heavy (non-hydrogen) atoms. The number of nitrogens with zero attached hydrogens (tertiary/aromatic N) is 4. The van der Waals surface area contributed by atoms with Crippen molar-refractivity contribution in [2.75, 3.05) is 29.4 Å². The number of rotatable bonds is 2. The molecule has 0 atom stereocenters. The van der Waals surface area contributed by atoms with Gasteiger partial charge in [0.15, 0.2) is 0 Å². The molecule has 0 spiro atoms. The molecule has 2 aliphatic rings. The summed E-state index contributed by atoms with van der Waals surface area (Å²) >= 11 is 0. The Kier molecular flexibility index (Phi) is 4.03. The van der Waals surface area contributed by atoms with Gasteiger partial charge in [-0.05, 0) is 49.6 Å². The SMILES string of the molecule is Cn1c2c(c3ccc(F)cc31)CN(c1ccc(N3CCCCC3)cn1)CC2. The van der Waals surface area contributed by atoms with Gasteiger partial charge in [0, 0.05) is 56.3 Å². The van der Waals surface area contributed by atoms with Crippen molar-refractivity contribution in [2.24, 2.45) is 7.05 Å². The molecule has 4 nitrogen and oxygen atoms in total. The van der Waals surface area contributed by atoms with Gasteiger partial charge in [0.25, 0.3) is 0 Å². The van der Waals surface area contributed by atoms with Crippen molar-refractivity contribution in [3.8, 4) is 0 Å². The van der Waals surface area contributed by atoms with E-state index in [1.165, 1.54) is 36.2 Å². The molecular formula is C22H25FN4. The smallest absolute Gasteiger partial charge is 0.128 e. The summed E-state index contributed by atoms with van der Waals surface area (Å²) in [7, 11) is 2.04. The van der Waals surface area contributed by atoms with Crippen LogP contribution in [-0.2, 0) is 20.0 Å². The van der Waals surface area contributed by atoms with Crippen LogP contribution in [0.1, 0.15) is 30.5 Å². The summed E-state index contributed by atoms with van der Waals surface area (Å²) in [6.45, 7) is 4.05. The van der Waals surface area contributed by atoms with Gasteiger partial charge in [0.2, 0.25) is 0 Å². The third-order valence-electron chi connectivity index (χ3n) is 6.14. The van der Waals surface area contributed by atoms with Crippen molar-refractivity contribution in [1.29, 1.82) is 0 Å². The second kappa shape index (κ2) is 6.55. The molecule has 0 amide bonds. The standard InChI is InChI=1S/C22H25FN4/c1-25-20-9-12-27(15-19(20)18-7-5-16(23)13-21(18)25)22-8-6-17(14-24-22)26-10-3-2-4-11-26/h5-8,13-14H,2-4,9-12,15H2,1H3. The molecule has 1 saturated heterocycles. The zero-order valence-electron chi connectivity index (χ0n) is 15.8. The van der Waals surface area contributed by atoms with Crippen molar-refractivity contribution in [2.45, 2.75) is 32.2 Å². The molecule has 2 aromatic heterocycles. The maximum Gasteiger partial charge on any atom is 0.128 e. The fourth-order valence-electron chi connectivity index (χ4n) is 4.65. The van der Waals surface area contributed by atoms with Gasteiger partial charge in [0.05, 0.1) is 17.4 Å². The lowest BCUT2D eigenvalue weighted by Gasteiger charge is -2.31. The van der Waals surface area contributed by atoms with Gasteiger partial charge in [0.1, 0.15) is 11.6 Å². The van der Waals surface area contributed by atoms with Gasteiger partial charge >= 0.3 is 0 Å². The summed E-state index contributed by atoms with van der Waals surface area (Å²) in [6.07, 6.45) is 6.87.